The first kappa shape index (κ1) is 10.7. The third-order valence-corrected chi connectivity index (χ3v) is 4.34. The Balaban J connectivity index is 1.80. The molecular formula is C11H13N3O2S. The van der Waals surface area contributed by atoms with Gasteiger partial charge in [0.05, 0.1) is 18.7 Å². The Morgan fingerprint density at radius 2 is 2.24 bits per heavy atom. The number of carbonyl (C=O) groups is 2. The highest BCUT2D eigenvalue weighted by molar-refractivity contribution is 7.15. The molecule has 1 atom stereocenters. The number of hydrogen-bond acceptors (Lipinski definition) is 5. The Bertz CT molecular complexity index is 497. The predicted octanol–water partition coefficient (Wildman–Crippen LogP) is 0.384. The van der Waals surface area contributed by atoms with Gasteiger partial charge in [0, 0.05) is 17.3 Å². The molecule has 1 fully saturated rings. The quantitative estimate of drug-likeness (QED) is 0.732. The summed E-state index contributed by atoms with van der Waals surface area (Å²) in [5.41, 5.74) is 6.75. The van der Waals surface area contributed by atoms with Crippen LogP contribution >= 0.6 is 11.3 Å². The first-order valence-corrected chi connectivity index (χ1v) is 6.50. The van der Waals surface area contributed by atoms with Crippen molar-refractivity contribution >= 4 is 28.2 Å². The number of aromatic nitrogens is 1. The van der Waals surface area contributed by atoms with E-state index in [0.29, 0.717) is 5.13 Å². The van der Waals surface area contributed by atoms with Gasteiger partial charge in [0.15, 0.2) is 10.9 Å². The molecule has 2 N–H and O–H groups in total. The largest absolute Gasteiger partial charge is 0.375 e. The summed E-state index contributed by atoms with van der Waals surface area (Å²) >= 11 is 1.50. The Hall–Kier alpha value is -1.43. The molecule has 0 aromatic carbocycles. The van der Waals surface area contributed by atoms with Gasteiger partial charge in [0.2, 0.25) is 5.91 Å². The summed E-state index contributed by atoms with van der Waals surface area (Å²) in [6.07, 6.45) is 2.61. The third-order valence-electron chi connectivity index (χ3n) is 3.39. The minimum atomic E-state index is -0.0269. The molecule has 5 nitrogen and oxygen atoms in total. The van der Waals surface area contributed by atoms with Crippen LogP contribution in [0.1, 0.15) is 23.4 Å². The van der Waals surface area contributed by atoms with E-state index in [1.54, 1.807) is 4.90 Å². The molecule has 1 aliphatic heterocycles. The molecule has 1 aromatic rings. The lowest BCUT2D eigenvalue weighted by molar-refractivity contribution is -0.129. The van der Waals surface area contributed by atoms with Crippen LogP contribution in [-0.4, -0.2) is 34.2 Å². The van der Waals surface area contributed by atoms with Crippen LogP contribution in [0.3, 0.4) is 0 Å². The molecule has 90 valence electrons. The fourth-order valence-corrected chi connectivity index (χ4v) is 3.53. The number of nitrogens with two attached hydrogens (primary N) is 1. The van der Waals surface area contributed by atoms with E-state index in [-0.39, 0.29) is 30.7 Å². The second-order valence-electron chi connectivity index (χ2n) is 4.56. The monoisotopic (exact) mass is 251 g/mol. The highest BCUT2D eigenvalue weighted by atomic mass is 32.1. The molecular weight excluding hydrogens is 238 g/mol. The maximum Gasteiger partial charge on any atom is 0.230 e. The van der Waals surface area contributed by atoms with Crippen LogP contribution < -0.4 is 5.73 Å². The van der Waals surface area contributed by atoms with Gasteiger partial charge in [0.25, 0.3) is 0 Å². The average molecular weight is 251 g/mol. The van der Waals surface area contributed by atoms with Crippen molar-refractivity contribution in [2.45, 2.75) is 31.7 Å². The van der Waals surface area contributed by atoms with Crippen molar-refractivity contribution in [1.29, 1.82) is 0 Å². The molecule has 2 aliphatic rings. The Morgan fingerprint density at radius 1 is 1.41 bits per heavy atom. The lowest BCUT2D eigenvalue weighted by Crippen LogP contribution is -2.40. The van der Waals surface area contributed by atoms with Crippen LogP contribution in [0.15, 0.2) is 0 Å². The van der Waals surface area contributed by atoms with E-state index < -0.39 is 0 Å². The molecule has 0 radical (unpaired) electrons. The zero-order valence-electron chi connectivity index (χ0n) is 9.31. The lowest BCUT2D eigenvalue weighted by atomic mass is 9.96. The average Bonchev–Trinajstić information content (AvgIpc) is 2.78. The molecule has 0 spiro atoms. The molecule has 3 rings (SSSR count). The summed E-state index contributed by atoms with van der Waals surface area (Å²) in [5, 5.41) is 0.597. The van der Waals surface area contributed by atoms with Gasteiger partial charge < -0.3 is 10.6 Å². The van der Waals surface area contributed by atoms with Crippen LogP contribution in [-0.2, 0) is 22.4 Å². The number of Topliss-reactive ketones (excluding diaryl/α,β-unsaturated/α-hetero) is 1. The van der Waals surface area contributed by atoms with Crippen LogP contribution in [0, 0.1) is 0 Å². The Kier molecular flexibility index (Phi) is 2.39. The molecule has 1 saturated heterocycles. The second kappa shape index (κ2) is 3.80. The Morgan fingerprint density at radius 3 is 2.94 bits per heavy atom. The fourth-order valence-electron chi connectivity index (χ4n) is 2.58. The standard InChI is InChI=1S/C11H13N3O2S/c12-11-13-8-2-1-6(3-9(8)17-11)14-5-7(15)4-10(14)16/h6H,1-5H2,(H2,12,13)/t6-/m0/s1. The summed E-state index contributed by atoms with van der Waals surface area (Å²) in [6, 6.07) is 0.154. The van der Waals surface area contributed by atoms with Gasteiger partial charge in [0.1, 0.15) is 0 Å². The molecule has 1 aliphatic carbocycles. The zero-order valence-corrected chi connectivity index (χ0v) is 10.1. The second-order valence-corrected chi connectivity index (χ2v) is 5.67. The van der Waals surface area contributed by atoms with Crippen LogP contribution in [0.5, 0.6) is 0 Å². The van der Waals surface area contributed by atoms with Crippen LogP contribution in [0.25, 0.3) is 0 Å². The molecule has 1 amide bonds. The number of nitrogen functional groups attached to an aromatic ring is 1. The van der Waals surface area contributed by atoms with Gasteiger partial charge in [-0.1, -0.05) is 0 Å². The van der Waals surface area contributed by atoms with E-state index in [2.05, 4.69) is 4.98 Å². The highest BCUT2D eigenvalue weighted by Crippen LogP contribution is 2.31. The number of carbonyl (C=O) groups excluding carboxylic acids is 2. The van der Waals surface area contributed by atoms with Gasteiger partial charge in [-0.3, -0.25) is 9.59 Å². The summed E-state index contributed by atoms with van der Waals surface area (Å²) in [4.78, 5) is 30.1. The number of rotatable bonds is 1. The van der Waals surface area contributed by atoms with Crippen molar-refractivity contribution in [1.82, 2.24) is 9.88 Å². The minimum absolute atomic E-state index is 0.0269. The summed E-state index contributed by atoms with van der Waals surface area (Å²) < 4.78 is 0. The van der Waals surface area contributed by atoms with E-state index >= 15 is 0 Å². The van der Waals surface area contributed by atoms with Gasteiger partial charge in [-0.05, 0) is 12.8 Å². The SMILES string of the molecule is Nc1nc2c(s1)C[C@@H](N1CC(=O)CC1=O)CC2. The normalized spacial score (nSPS) is 24.2. The number of amides is 1. The summed E-state index contributed by atoms with van der Waals surface area (Å²) in [6.45, 7) is 0.285. The van der Waals surface area contributed by atoms with Gasteiger partial charge in [-0.25, -0.2) is 4.98 Å². The molecule has 17 heavy (non-hydrogen) atoms. The molecule has 0 saturated carbocycles. The van der Waals surface area contributed by atoms with E-state index in [1.165, 1.54) is 16.2 Å². The molecule has 1 aromatic heterocycles. The zero-order chi connectivity index (χ0) is 12.0. The Labute approximate surface area is 103 Å². The fraction of sp³-hybridized carbons (Fsp3) is 0.545. The minimum Gasteiger partial charge on any atom is -0.375 e. The summed E-state index contributed by atoms with van der Waals surface area (Å²) in [5.74, 6) is 0.00514. The first-order valence-electron chi connectivity index (χ1n) is 5.68. The topological polar surface area (TPSA) is 76.3 Å². The number of thiazole rings is 1. The van der Waals surface area contributed by atoms with Crippen LogP contribution in [0.2, 0.25) is 0 Å². The third kappa shape index (κ3) is 1.82. The van der Waals surface area contributed by atoms with E-state index in [0.717, 1.165) is 25.0 Å². The van der Waals surface area contributed by atoms with Gasteiger partial charge >= 0.3 is 0 Å². The number of ketones is 1. The predicted molar refractivity (Wildman–Crippen MR) is 63.7 cm³/mol. The van der Waals surface area contributed by atoms with Gasteiger partial charge in [-0.2, -0.15) is 0 Å². The summed E-state index contributed by atoms with van der Waals surface area (Å²) in [7, 11) is 0. The maximum absolute atomic E-state index is 11.7. The van der Waals surface area contributed by atoms with Crippen molar-refractivity contribution in [2.75, 3.05) is 12.3 Å². The molecule has 0 unspecified atom stereocenters. The number of hydrogen-bond donors (Lipinski definition) is 1. The van der Waals surface area contributed by atoms with E-state index in [4.69, 9.17) is 5.73 Å². The van der Waals surface area contributed by atoms with Crippen molar-refractivity contribution in [3.8, 4) is 0 Å². The smallest absolute Gasteiger partial charge is 0.230 e. The number of anilines is 1. The number of aryl methyl sites for hydroxylation is 1. The molecule has 6 heteroatoms. The van der Waals surface area contributed by atoms with Crippen molar-refractivity contribution in [3.63, 3.8) is 0 Å². The van der Waals surface area contributed by atoms with Crippen LogP contribution in [0.4, 0.5) is 5.13 Å². The first-order chi connectivity index (χ1) is 8.13. The molecule has 2 heterocycles. The lowest BCUT2D eigenvalue weighted by Gasteiger charge is -2.29. The highest BCUT2D eigenvalue weighted by Gasteiger charge is 2.35. The number of likely N-dealkylation sites (tertiary alicyclic amines) is 1. The van der Waals surface area contributed by atoms with Crippen molar-refractivity contribution in [3.05, 3.63) is 10.6 Å². The van der Waals surface area contributed by atoms with Crippen molar-refractivity contribution in [2.24, 2.45) is 0 Å². The van der Waals surface area contributed by atoms with Gasteiger partial charge in [-0.15, -0.1) is 11.3 Å². The van der Waals surface area contributed by atoms with E-state index in [9.17, 15) is 9.59 Å². The van der Waals surface area contributed by atoms with Crippen molar-refractivity contribution < 1.29 is 9.59 Å². The number of nitrogens with zero attached hydrogens (tertiary/aromatic N) is 2. The molecule has 0 bridgehead atoms. The number of fused-ring (bicyclic) bond motifs is 1. The van der Waals surface area contributed by atoms with E-state index in [1.807, 2.05) is 0 Å². The maximum atomic E-state index is 11.7.